The van der Waals surface area contributed by atoms with Gasteiger partial charge in [-0.15, -0.1) is 0 Å². The zero-order valence-electron chi connectivity index (χ0n) is 10.1. The van der Waals surface area contributed by atoms with Crippen molar-refractivity contribution in [1.82, 2.24) is 5.32 Å². The van der Waals surface area contributed by atoms with Gasteiger partial charge in [-0.3, -0.25) is 4.79 Å². The fraction of sp³-hybridized carbons (Fsp3) is 0.385. The van der Waals surface area contributed by atoms with E-state index in [0.29, 0.717) is 5.69 Å². The third kappa shape index (κ3) is 2.72. The van der Waals surface area contributed by atoms with Crippen LogP contribution in [0.15, 0.2) is 18.2 Å². The number of carbonyl (C=O) groups is 1. The number of nitrogens with one attached hydrogen (secondary N) is 1. The number of nitrogens with zero attached hydrogens (tertiary/aromatic N) is 2. The number of benzene rings is 1. The van der Waals surface area contributed by atoms with E-state index in [4.69, 9.17) is 11.0 Å². The van der Waals surface area contributed by atoms with Crippen LogP contribution in [0, 0.1) is 11.3 Å². The second kappa shape index (κ2) is 5.41. The summed E-state index contributed by atoms with van der Waals surface area (Å²) in [7, 11) is 0. The number of nitrogen functional groups attached to an aromatic ring is 1. The summed E-state index contributed by atoms with van der Waals surface area (Å²) in [5.74, 6) is -0.133. The molecular formula is C13H16N4O. The van der Waals surface area contributed by atoms with Gasteiger partial charge in [0.05, 0.1) is 12.6 Å². The van der Waals surface area contributed by atoms with Gasteiger partial charge in [-0.2, -0.15) is 5.26 Å². The number of nitriles is 1. The lowest BCUT2D eigenvalue weighted by atomic mass is 10.0. The lowest BCUT2D eigenvalue weighted by Crippen LogP contribution is -2.39. The number of nitrogens with two attached hydrogens (primary N) is 1. The van der Waals surface area contributed by atoms with Crippen LogP contribution in [0.1, 0.15) is 12.0 Å². The lowest BCUT2D eigenvalue weighted by molar-refractivity contribution is -0.119. The molecule has 1 aliphatic rings. The fourth-order valence-corrected chi connectivity index (χ4v) is 2.20. The van der Waals surface area contributed by atoms with Crippen LogP contribution in [-0.2, 0) is 11.2 Å². The van der Waals surface area contributed by atoms with Gasteiger partial charge in [0, 0.05) is 17.9 Å². The highest BCUT2D eigenvalue weighted by Crippen LogP contribution is 2.28. The predicted octanol–water partition coefficient (Wildman–Crippen LogP) is 0.661. The molecule has 1 aromatic carbocycles. The van der Waals surface area contributed by atoms with Crippen LogP contribution in [0.25, 0.3) is 0 Å². The van der Waals surface area contributed by atoms with Crippen molar-refractivity contribution >= 4 is 17.3 Å². The normalized spacial score (nSPS) is 13.6. The molecular weight excluding hydrogens is 228 g/mol. The molecule has 94 valence electrons. The highest BCUT2D eigenvalue weighted by atomic mass is 16.2. The summed E-state index contributed by atoms with van der Waals surface area (Å²) in [5.41, 5.74) is 8.75. The lowest BCUT2D eigenvalue weighted by Gasteiger charge is -2.30. The topological polar surface area (TPSA) is 82.2 Å². The fourth-order valence-electron chi connectivity index (χ4n) is 2.20. The van der Waals surface area contributed by atoms with Gasteiger partial charge < -0.3 is 16.0 Å². The Balaban J connectivity index is 2.10. The minimum atomic E-state index is -0.133. The molecule has 1 aromatic rings. The van der Waals surface area contributed by atoms with Gasteiger partial charge in [-0.25, -0.2) is 0 Å². The summed E-state index contributed by atoms with van der Waals surface area (Å²) in [5, 5.41) is 11.0. The summed E-state index contributed by atoms with van der Waals surface area (Å²) in [4.78, 5) is 13.6. The molecule has 5 nitrogen and oxygen atoms in total. The summed E-state index contributed by atoms with van der Waals surface area (Å²) >= 11 is 0. The van der Waals surface area contributed by atoms with E-state index in [1.54, 1.807) is 0 Å². The van der Waals surface area contributed by atoms with Crippen molar-refractivity contribution < 1.29 is 4.79 Å². The Morgan fingerprint density at radius 2 is 2.39 bits per heavy atom. The molecule has 0 saturated heterocycles. The molecule has 0 spiro atoms. The number of fused-ring (bicyclic) bond motifs is 1. The zero-order valence-corrected chi connectivity index (χ0v) is 10.1. The number of hydrogen-bond acceptors (Lipinski definition) is 4. The average molecular weight is 244 g/mol. The van der Waals surface area contributed by atoms with Crippen molar-refractivity contribution in [2.24, 2.45) is 0 Å². The molecule has 0 aliphatic carbocycles. The molecule has 2 rings (SSSR count). The highest BCUT2D eigenvalue weighted by Gasteiger charge is 2.18. The molecule has 0 aromatic heterocycles. The molecule has 0 atom stereocenters. The molecule has 0 radical (unpaired) electrons. The van der Waals surface area contributed by atoms with Gasteiger partial charge in [-0.05, 0) is 30.5 Å². The molecule has 18 heavy (non-hydrogen) atoms. The summed E-state index contributed by atoms with van der Waals surface area (Å²) < 4.78 is 0. The van der Waals surface area contributed by atoms with E-state index >= 15 is 0 Å². The van der Waals surface area contributed by atoms with E-state index in [2.05, 4.69) is 5.32 Å². The van der Waals surface area contributed by atoms with Gasteiger partial charge in [-0.1, -0.05) is 6.07 Å². The van der Waals surface area contributed by atoms with Crippen LogP contribution in [0.5, 0.6) is 0 Å². The van der Waals surface area contributed by atoms with Crippen molar-refractivity contribution in [3.63, 3.8) is 0 Å². The van der Waals surface area contributed by atoms with E-state index in [1.165, 1.54) is 5.56 Å². The summed E-state index contributed by atoms with van der Waals surface area (Å²) in [6.45, 7) is 1.17. The zero-order chi connectivity index (χ0) is 13.0. The Hall–Kier alpha value is -2.22. The quantitative estimate of drug-likeness (QED) is 0.604. The SMILES string of the molecule is N#CCNC(=O)CN1CCCc2ccc(N)cc21. The monoisotopic (exact) mass is 244 g/mol. The number of aryl methyl sites for hydroxylation is 1. The van der Waals surface area contributed by atoms with Crippen LogP contribution in [-0.4, -0.2) is 25.5 Å². The molecule has 1 amide bonds. The van der Waals surface area contributed by atoms with Crippen molar-refractivity contribution in [3.05, 3.63) is 23.8 Å². The van der Waals surface area contributed by atoms with Crippen LogP contribution in [0.3, 0.4) is 0 Å². The molecule has 0 bridgehead atoms. The van der Waals surface area contributed by atoms with Gasteiger partial charge in [0.2, 0.25) is 5.91 Å². The van der Waals surface area contributed by atoms with Crippen molar-refractivity contribution in [2.45, 2.75) is 12.8 Å². The second-order valence-electron chi connectivity index (χ2n) is 4.35. The number of hydrogen-bond donors (Lipinski definition) is 2. The summed E-state index contributed by atoms with van der Waals surface area (Å²) in [6, 6.07) is 7.71. The van der Waals surface area contributed by atoms with Crippen LogP contribution in [0.2, 0.25) is 0 Å². The minimum Gasteiger partial charge on any atom is -0.399 e. The molecule has 0 unspecified atom stereocenters. The van der Waals surface area contributed by atoms with Gasteiger partial charge in [0.1, 0.15) is 6.54 Å². The first kappa shape index (κ1) is 12.2. The molecule has 1 heterocycles. The summed E-state index contributed by atoms with van der Waals surface area (Å²) in [6.07, 6.45) is 2.05. The van der Waals surface area contributed by atoms with E-state index in [9.17, 15) is 4.79 Å². The predicted molar refractivity (Wildman–Crippen MR) is 70.0 cm³/mol. The van der Waals surface area contributed by atoms with Crippen molar-refractivity contribution in [3.8, 4) is 6.07 Å². The number of amides is 1. The largest absolute Gasteiger partial charge is 0.399 e. The number of rotatable bonds is 3. The molecule has 5 heteroatoms. The Morgan fingerprint density at radius 1 is 1.56 bits per heavy atom. The minimum absolute atomic E-state index is 0.0520. The van der Waals surface area contributed by atoms with E-state index < -0.39 is 0 Å². The van der Waals surface area contributed by atoms with Gasteiger partial charge >= 0.3 is 0 Å². The number of anilines is 2. The third-order valence-corrected chi connectivity index (χ3v) is 3.02. The van der Waals surface area contributed by atoms with E-state index in [1.807, 2.05) is 29.2 Å². The first-order chi connectivity index (χ1) is 8.70. The third-order valence-electron chi connectivity index (χ3n) is 3.02. The highest BCUT2D eigenvalue weighted by molar-refractivity contribution is 5.82. The Morgan fingerprint density at radius 3 is 3.17 bits per heavy atom. The Bertz CT molecular complexity index is 492. The standard InChI is InChI=1S/C13H16N4O/c14-5-6-16-13(18)9-17-7-1-2-10-3-4-11(15)8-12(10)17/h3-4,8H,1-2,6-7,9,15H2,(H,16,18). The first-order valence-corrected chi connectivity index (χ1v) is 5.97. The first-order valence-electron chi connectivity index (χ1n) is 5.97. The molecule has 1 aliphatic heterocycles. The van der Waals surface area contributed by atoms with Crippen LogP contribution < -0.4 is 16.0 Å². The van der Waals surface area contributed by atoms with Gasteiger partial charge in [0.25, 0.3) is 0 Å². The molecule has 0 fully saturated rings. The van der Waals surface area contributed by atoms with E-state index in [0.717, 1.165) is 25.1 Å². The molecule has 0 saturated carbocycles. The maximum absolute atomic E-state index is 11.6. The number of carbonyl (C=O) groups excluding carboxylic acids is 1. The second-order valence-corrected chi connectivity index (χ2v) is 4.35. The maximum Gasteiger partial charge on any atom is 0.240 e. The van der Waals surface area contributed by atoms with Crippen molar-refractivity contribution in [2.75, 3.05) is 30.3 Å². The van der Waals surface area contributed by atoms with Crippen molar-refractivity contribution in [1.29, 1.82) is 5.26 Å². The Labute approximate surface area is 106 Å². The average Bonchev–Trinajstić information content (AvgIpc) is 2.37. The maximum atomic E-state index is 11.6. The van der Waals surface area contributed by atoms with Gasteiger partial charge in [0.15, 0.2) is 0 Å². The molecule has 3 N–H and O–H groups in total. The van der Waals surface area contributed by atoms with Crippen LogP contribution >= 0.6 is 0 Å². The van der Waals surface area contributed by atoms with E-state index in [-0.39, 0.29) is 19.0 Å². The smallest absolute Gasteiger partial charge is 0.240 e. The van der Waals surface area contributed by atoms with Crippen LogP contribution in [0.4, 0.5) is 11.4 Å². The Kier molecular flexibility index (Phi) is 3.68.